The van der Waals surface area contributed by atoms with Gasteiger partial charge in [-0.15, -0.1) is 0 Å². The molecule has 1 saturated heterocycles. The van der Waals surface area contributed by atoms with Gasteiger partial charge >= 0.3 is 0 Å². The maximum absolute atomic E-state index is 12.7. The van der Waals surface area contributed by atoms with Crippen LogP contribution in [-0.2, 0) is 11.2 Å². The van der Waals surface area contributed by atoms with Gasteiger partial charge in [-0.25, -0.2) is 0 Å². The lowest BCUT2D eigenvalue weighted by molar-refractivity contribution is -0.116. The first kappa shape index (κ1) is 14.0. The Morgan fingerprint density at radius 2 is 1.52 bits per heavy atom. The van der Waals surface area contributed by atoms with E-state index >= 15 is 0 Å². The van der Waals surface area contributed by atoms with E-state index in [0.717, 1.165) is 35.5 Å². The summed E-state index contributed by atoms with van der Waals surface area (Å²) in [4.78, 5) is 28.0. The van der Waals surface area contributed by atoms with Crippen LogP contribution < -0.4 is 9.80 Å². The van der Waals surface area contributed by atoms with Gasteiger partial charge in [-0.05, 0) is 42.3 Å². The molecule has 116 valence electrons. The molecular formula is C19H18N2O2. The lowest BCUT2D eigenvalue weighted by Gasteiger charge is -2.29. The second kappa shape index (κ2) is 5.54. The molecule has 2 aromatic rings. The quantitative estimate of drug-likeness (QED) is 0.856. The summed E-state index contributed by atoms with van der Waals surface area (Å²) in [5, 5.41) is 0. The normalized spacial score (nSPS) is 17.6. The number of benzene rings is 2. The van der Waals surface area contributed by atoms with Gasteiger partial charge in [0.1, 0.15) is 0 Å². The number of rotatable bonds is 2. The van der Waals surface area contributed by atoms with Crippen LogP contribution in [0.2, 0.25) is 0 Å². The van der Waals surface area contributed by atoms with E-state index in [1.165, 1.54) is 0 Å². The minimum atomic E-state index is 0.0657. The van der Waals surface area contributed by atoms with Gasteiger partial charge in [-0.3, -0.25) is 9.59 Å². The predicted molar refractivity (Wildman–Crippen MR) is 90.1 cm³/mol. The summed E-state index contributed by atoms with van der Waals surface area (Å²) in [6.07, 6.45) is 1.51. The highest BCUT2D eigenvalue weighted by Crippen LogP contribution is 2.27. The van der Waals surface area contributed by atoms with Gasteiger partial charge in [0, 0.05) is 36.4 Å². The van der Waals surface area contributed by atoms with Gasteiger partial charge in [0.25, 0.3) is 5.91 Å². The van der Waals surface area contributed by atoms with E-state index in [1.807, 2.05) is 53.4 Å². The molecule has 0 N–H and O–H groups in total. The van der Waals surface area contributed by atoms with Crippen LogP contribution in [0.25, 0.3) is 0 Å². The largest absolute Gasteiger partial charge is 0.364 e. The molecule has 2 aromatic carbocycles. The molecule has 2 aliphatic heterocycles. The van der Waals surface area contributed by atoms with Gasteiger partial charge in [0.05, 0.1) is 6.54 Å². The molecule has 0 radical (unpaired) electrons. The van der Waals surface area contributed by atoms with Gasteiger partial charge in [0.2, 0.25) is 0 Å². The van der Waals surface area contributed by atoms with Crippen molar-refractivity contribution in [1.82, 2.24) is 0 Å². The number of ketones is 1. The van der Waals surface area contributed by atoms with Crippen LogP contribution in [0.15, 0.2) is 48.5 Å². The lowest BCUT2D eigenvalue weighted by Crippen LogP contribution is -2.37. The lowest BCUT2D eigenvalue weighted by atomic mass is 9.98. The van der Waals surface area contributed by atoms with Crippen molar-refractivity contribution in [1.29, 1.82) is 0 Å². The number of anilines is 2. The van der Waals surface area contributed by atoms with Crippen molar-refractivity contribution in [3.63, 3.8) is 0 Å². The van der Waals surface area contributed by atoms with E-state index in [0.29, 0.717) is 19.5 Å². The molecule has 0 aliphatic carbocycles. The summed E-state index contributed by atoms with van der Waals surface area (Å²) in [5.41, 5.74) is 3.89. The van der Waals surface area contributed by atoms with Crippen molar-refractivity contribution in [3.05, 3.63) is 59.7 Å². The molecule has 4 heteroatoms. The van der Waals surface area contributed by atoms with Crippen LogP contribution in [0.1, 0.15) is 22.3 Å². The Morgan fingerprint density at radius 1 is 0.783 bits per heavy atom. The molecule has 1 fully saturated rings. The number of carbonyl (C=O) groups excluding carboxylic acids is 2. The van der Waals surface area contributed by atoms with Gasteiger partial charge in [-0.1, -0.05) is 18.2 Å². The summed E-state index contributed by atoms with van der Waals surface area (Å²) in [6, 6.07) is 15.8. The zero-order chi connectivity index (χ0) is 15.8. The topological polar surface area (TPSA) is 40.6 Å². The average molecular weight is 306 g/mol. The van der Waals surface area contributed by atoms with Crippen molar-refractivity contribution < 1.29 is 9.59 Å². The fraction of sp³-hybridized carbons (Fsp3) is 0.263. The zero-order valence-corrected chi connectivity index (χ0v) is 12.9. The van der Waals surface area contributed by atoms with Gasteiger partial charge in [0.15, 0.2) is 5.78 Å². The summed E-state index contributed by atoms with van der Waals surface area (Å²) in [6.45, 7) is 1.99. The minimum absolute atomic E-state index is 0.0657. The Kier molecular flexibility index (Phi) is 3.37. The summed E-state index contributed by atoms with van der Waals surface area (Å²) in [7, 11) is 0. The number of fused-ring (bicyclic) bond motifs is 1. The molecule has 1 amide bonds. The number of nitrogens with zero attached hydrogens (tertiary/aromatic N) is 2. The molecule has 2 heterocycles. The van der Waals surface area contributed by atoms with E-state index in [9.17, 15) is 9.59 Å². The van der Waals surface area contributed by atoms with E-state index in [4.69, 9.17) is 0 Å². The molecule has 0 atom stereocenters. The first-order valence-corrected chi connectivity index (χ1v) is 7.99. The van der Waals surface area contributed by atoms with Crippen molar-refractivity contribution in [3.8, 4) is 0 Å². The Labute approximate surface area is 135 Å². The van der Waals surface area contributed by atoms with E-state index in [-0.39, 0.29) is 11.7 Å². The highest BCUT2D eigenvalue weighted by Gasteiger charge is 2.25. The number of hydrogen-bond acceptors (Lipinski definition) is 3. The molecule has 4 rings (SSSR count). The van der Waals surface area contributed by atoms with E-state index < -0.39 is 0 Å². The van der Waals surface area contributed by atoms with Crippen LogP contribution in [0.5, 0.6) is 0 Å². The molecular weight excluding hydrogens is 288 g/mol. The standard InChI is InChI=1S/C19H18N2O2/c22-17-10-11-20(13-17)15-5-7-16(8-6-15)21-12-9-14-3-1-2-4-18(14)19(21)23/h1-8H,9-13H2. The third-order valence-corrected chi connectivity index (χ3v) is 4.65. The molecule has 0 saturated carbocycles. The van der Waals surface area contributed by atoms with Crippen molar-refractivity contribution in [2.75, 3.05) is 29.4 Å². The summed E-state index contributed by atoms with van der Waals surface area (Å²) >= 11 is 0. The molecule has 0 spiro atoms. The Hall–Kier alpha value is -2.62. The Balaban J connectivity index is 1.57. The molecule has 2 aliphatic rings. The third kappa shape index (κ3) is 2.50. The molecule has 0 bridgehead atoms. The molecule has 0 aromatic heterocycles. The highest BCUT2D eigenvalue weighted by molar-refractivity contribution is 6.08. The fourth-order valence-electron chi connectivity index (χ4n) is 3.37. The fourth-order valence-corrected chi connectivity index (χ4v) is 3.37. The second-order valence-corrected chi connectivity index (χ2v) is 6.09. The second-order valence-electron chi connectivity index (χ2n) is 6.09. The van der Waals surface area contributed by atoms with Crippen LogP contribution in [0, 0.1) is 0 Å². The number of hydrogen-bond donors (Lipinski definition) is 0. The monoisotopic (exact) mass is 306 g/mol. The number of amides is 1. The van der Waals surface area contributed by atoms with Gasteiger partial charge < -0.3 is 9.80 Å². The Bertz CT molecular complexity index is 767. The first-order chi connectivity index (χ1) is 11.2. The van der Waals surface area contributed by atoms with Crippen LogP contribution in [0.3, 0.4) is 0 Å². The first-order valence-electron chi connectivity index (χ1n) is 7.99. The summed E-state index contributed by atoms with van der Waals surface area (Å²) in [5.74, 6) is 0.354. The maximum atomic E-state index is 12.7. The third-order valence-electron chi connectivity index (χ3n) is 4.65. The number of carbonyl (C=O) groups is 2. The van der Waals surface area contributed by atoms with E-state index in [2.05, 4.69) is 4.90 Å². The predicted octanol–water partition coefficient (Wildman–Crippen LogP) is 2.67. The number of Topliss-reactive ketones (excluding diaryl/α,β-unsaturated/α-hetero) is 1. The van der Waals surface area contributed by atoms with E-state index in [1.54, 1.807) is 0 Å². The van der Waals surface area contributed by atoms with Crippen LogP contribution in [0.4, 0.5) is 11.4 Å². The summed E-state index contributed by atoms with van der Waals surface area (Å²) < 4.78 is 0. The molecule has 0 unspecified atom stereocenters. The molecule has 4 nitrogen and oxygen atoms in total. The van der Waals surface area contributed by atoms with Crippen molar-refractivity contribution in [2.45, 2.75) is 12.8 Å². The van der Waals surface area contributed by atoms with Crippen molar-refractivity contribution >= 4 is 23.1 Å². The average Bonchev–Trinajstić information content (AvgIpc) is 3.02. The Morgan fingerprint density at radius 3 is 2.26 bits per heavy atom. The molecule has 23 heavy (non-hydrogen) atoms. The minimum Gasteiger partial charge on any atom is -0.364 e. The van der Waals surface area contributed by atoms with Crippen molar-refractivity contribution in [2.24, 2.45) is 0 Å². The van der Waals surface area contributed by atoms with Crippen LogP contribution in [-0.4, -0.2) is 31.3 Å². The van der Waals surface area contributed by atoms with Gasteiger partial charge in [-0.2, -0.15) is 0 Å². The van der Waals surface area contributed by atoms with Crippen LogP contribution >= 0.6 is 0 Å². The SMILES string of the molecule is O=C1CCN(c2ccc(N3CCc4ccccc4C3=O)cc2)C1. The maximum Gasteiger partial charge on any atom is 0.258 e. The smallest absolute Gasteiger partial charge is 0.258 e. The zero-order valence-electron chi connectivity index (χ0n) is 12.9. The highest BCUT2D eigenvalue weighted by atomic mass is 16.2.